The van der Waals surface area contributed by atoms with Crippen LogP contribution in [0.5, 0.6) is 0 Å². The molecular weight excluding hydrogens is 236 g/mol. The maximum Gasteiger partial charge on any atom is 0.0727 e. The van der Waals surface area contributed by atoms with Crippen LogP contribution in [0.3, 0.4) is 0 Å². The fourth-order valence-electron chi connectivity index (χ4n) is 2.07. The normalized spacial score (nSPS) is 11.6. The van der Waals surface area contributed by atoms with E-state index in [4.69, 9.17) is 0 Å². The standard InChI is InChI=1S/C15H22N4/c1-11-6-7-13(9-16-11)17-8-12-10-19(5)18-14(12)15(2,3)4/h6-7,9-10,17H,8H2,1-5H3. The molecule has 0 atom stereocenters. The van der Waals surface area contributed by atoms with Crippen LogP contribution < -0.4 is 5.32 Å². The maximum atomic E-state index is 4.57. The number of hydrogen-bond donors (Lipinski definition) is 1. The highest BCUT2D eigenvalue weighted by Gasteiger charge is 2.21. The summed E-state index contributed by atoms with van der Waals surface area (Å²) in [7, 11) is 1.96. The Balaban J connectivity index is 2.13. The lowest BCUT2D eigenvalue weighted by molar-refractivity contribution is 0.549. The van der Waals surface area contributed by atoms with E-state index < -0.39 is 0 Å². The van der Waals surface area contributed by atoms with Crippen LogP contribution in [0.25, 0.3) is 0 Å². The van der Waals surface area contributed by atoms with E-state index >= 15 is 0 Å². The molecule has 0 unspecified atom stereocenters. The van der Waals surface area contributed by atoms with E-state index in [2.05, 4.69) is 48.4 Å². The highest BCUT2D eigenvalue weighted by molar-refractivity contribution is 5.42. The van der Waals surface area contributed by atoms with Gasteiger partial charge in [0.2, 0.25) is 0 Å². The van der Waals surface area contributed by atoms with Crippen molar-refractivity contribution < 1.29 is 0 Å². The molecule has 19 heavy (non-hydrogen) atoms. The Kier molecular flexibility index (Phi) is 3.60. The van der Waals surface area contributed by atoms with Gasteiger partial charge in [-0.15, -0.1) is 0 Å². The van der Waals surface area contributed by atoms with Crippen molar-refractivity contribution in [2.45, 2.75) is 39.7 Å². The van der Waals surface area contributed by atoms with Crippen LogP contribution in [0.4, 0.5) is 5.69 Å². The predicted molar refractivity (Wildman–Crippen MR) is 78.2 cm³/mol. The Morgan fingerprint density at radius 2 is 2.00 bits per heavy atom. The fraction of sp³-hybridized carbons (Fsp3) is 0.467. The molecule has 0 amide bonds. The zero-order chi connectivity index (χ0) is 14.0. The average Bonchev–Trinajstić information content (AvgIpc) is 2.70. The topological polar surface area (TPSA) is 42.7 Å². The molecule has 0 spiro atoms. The molecule has 0 fully saturated rings. The van der Waals surface area contributed by atoms with E-state index in [1.807, 2.05) is 30.9 Å². The SMILES string of the molecule is Cc1ccc(NCc2cn(C)nc2C(C)(C)C)cn1. The molecule has 4 nitrogen and oxygen atoms in total. The first kappa shape index (κ1) is 13.6. The Bertz CT molecular complexity index is 547. The Hall–Kier alpha value is -1.84. The summed E-state index contributed by atoms with van der Waals surface area (Å²) in [5.74, 6) is 0. The number of hydrogen-bond acceptors (Lipinski definition) is 3. The fourth-order valence-corrected chi connectivity index (χ4v) is 2.07. The van der Waals surface area contributed by atoms with E-state index in [0.717, 1.165) is 23.6 Å². The molecule has 102 valence electrons. The van der Waals surface area contributed by atoms with Gasteiger partial charge < -0.3 is 5.32 Å². The summed E-state index contributed by atoms with van der Waals surface area (Å²) >= 11 is 0. The van der Waals surface area contributed by atoms with Gasteiger partial charge in [0, 0.05) is 36.5 Å². The summed E-state index contributed by atoms with van der Waals surface area (Å²) in [5.41, 5.74) is 4.50. The van der Waals surface area contributed by atoms with Crippen LogP contribution >= 0.6 is 0 Å². The molecule has 0 aliphatic heterocycles. The van der Waals surface area contributed by atoms with E-state index in [1.165, 1.54) is 5.56 Å². The highest BCUT2D eigenvalue weighted by Crippen LogP contribution is 2.24. The van der Waals surface area contributed by atoms with Gasteiger partial charge in [0.15, 0.2) is 0 Å². The number of anilines is 1. The van der Waals surface area contributed by atoms with Gasteiger partial charge in [0.25, 0.3) is 0 Å². The summed E-state index contributed by atoms with van der Waals surface area (Å²) < 4.78 is 1.88. The summed E-state index contributed by atoms with van der Waals surface area (Å²) in [6, 6.07) is 4.06. The molecule has 0 aliphatic carbocycles. The zero-order valence-corrected chi connectivity index (χ0v) is 12.4. The third kappa shape index (κ3) is 3.34. The van der Waals surface area contributed by atoms with Crippen LogP contribution in [0.1, 0.15) is 37.7 Å². The molecule has 0 saturated heterocycles. The van der Waals surface area contributed by atoms with Crippen LogP contribution in [-0.2, 0) is 19.0 Å². The van der Waals surface area contributed by atoms with Gasteiger partial charge in [-0.25, -0.2) is 0 Å². The van der Waals surface area contributed by atoms with Crippen molar-refractivity contribution in [2.24, 2.45) is 7.05 Å². The monoisotopic (exact) mass is 258 g/mol. The lowest BCUT2D eigenvalue weighted by atomic mass is 9.89. The quantitative estimate of drug-likeness (QED) is 0.920. The third-order valence-electron chi connectivity index (χ3n) is 3.01. The van der Waals surface area contributed by atoms with Crippen molar-refractivity contribution in [1.82, 2.24) is 14.8 Å². The van der Waals surface area contributed by atoms with Crippen molar-refractivity contribution in [3.63, 3.8) is 0 Å². The largest absolute Gasteiger partial charge is 0.380 e. The summed E-state index contributed by atoms with van der Waals surface area (Å²) in [4.78, 5) is 4.28. The van der Waals surface area contributed by atoms with E-state index in [9.17, 15) is 0 Å². The molecule has 2 aromatic heterocycles. The van der Waals surface area contributed by atoms with E-state index in [-0.39, 0.29) is 5.41 Å². The van der Waals surface area contributed by atoms with E-state index in [0.29, 0.717) is 0 Å². The molecule has 0 aromatic carbocycles. The maximum absolute atomic E-state index is 4.57. The Morgan fingerprint density at radius 1 is 1.26 bits per heavy atom. The second-order valence-corrected chi connectivity index (χ2v) is 5.97. The third-order valence-corrected chi connectivity index (χ3v) is 3.01. The van der Waals surface area contributed by atoms with Crippen molar-refractivity contribution in [3.05, 3.63) is 41.5 Å². The van der Waals surface area contributed by atoms with Gasteiger partial charge >= 0.3 is 0 Å². The van der Waals surface area contributed by atoms with Crippen molar-refractivity contribution >= 4 is 5.69 Å². The smallest absolute Gasteiger partial charge is 0.0727 e. The summed E-state index contributed by atoms with van der Waals surface area (Å²) in [6.07, 6.45) is 3.94. The van der Waals surface area contributed by atoms with Gasteiger partial charge in [0.1, 0.15) is 0 Å². The molecule has 2 heterocycles. The van der Waals surface area contributed by atoms with Crippen molar-refractivity contribution in [2.75, 3.05) is 5.32 Å². The molecule has 0 saturated carbocycles. The van der Waals surface area contributed by atoms with Crippen LogP contribution in [0.2, 0.25) is 0 Å². The Labute approximate surface area is 114 Å². The predicted octanol–water partition coefficient (Wildman–Crippen LogP) is 3.03. The van der Waals surface area contributed by atoms with Crippen LogP contribution in [0.15, 0.2) is 24.5 Å². The number of nitrogens with zero attached hydrogens (tertiary/aromatic N) is 3. The first-order chi connectivity index (χ1) is 8.86. The summed E-state index contributed by atoms with van der Waals surface area (Å²) in [5, 5.41) is 7.97. The van der Waals surface area contributed by atoms with Crippen LogP contribution in [-0.4, -0.2) is 14.8 Å². The molecule has 4 heteroatoms. The van der Waals surface area contributed by atoms with Gasteiger partial charge in [-0.3, -0.25) is 9.67 Å². The average molecular weight is 258 g/mol. The molecule has 1 N–H and O–H groups in total. The van der Waals surface area contributed by atoms with Gasteiger partial charge in [0.05, 0.1) is 17.6 Å². The molecular formula is C15H22N4. The first-order valence-electron chi connectivity index (χ1n) is 6.56. The Morgan fingerprint density at radius 3 is 2.58 bits per heavy atom. The van der Waals surface area contributed by atoms with Crippen LogP contribution in [0, 0.1) is 6.92 Å². The molecule has 0 bridgehead atoms. The first-order valence-corrected chi connectivity index (χ1v) is 6.56. The minimum absolute atomic E-state index is 0.0593. The van der Waals surface area contributed by atoms with E-state index in [1.54, 1.807) is 0 Å². The van der Waals surface area contributed by atoms with Crippen molar-refractivity contribution in [3.8, 4) is 0 Å². The lowest BCUT2D eigenvalue weighted by Crippen LogP contribution is -2.16. The molecule has 0 aliphatic rings. The minimum atomic E-state index is 0.0593. The lowest BCUT2D eigenvalue weighted by Gasteiger charge is -2.17. The van der Waals surface area contributed by atoms with Gasteiger partial charge in [-0.05, 0) is 19.1 Å². The number of aryl methyl sites for hydroxylation is 2. The number of nitrogens with one attached hydrogen (secondary N) is 1. The second kappa shape index (κ2) is 5.03. The molecule has 2 aromatic rings. The summed E-state index contributed by atoms with van der Waals surface area (Å²) in [6.45, 7) is 9.32. The molecule has 0 radical (unpaired) electrons. The highest BCUT2D eigenvalue weighted by atomic mass is 15.3. The molecule has 2 rings (SSSR count). The number of aromatic nitrogens is 3. The number of rotatable bonds is 3. The van der Waals surface area contributed by atoms with Gasteiger partial charge in [-0.1, -0.05) is 20.8 Å². The minimum Gasteiger partial charge on any atom is -0.380 e. The zero-order valence-electron chi connectivity index (χ0n) is 12.4. The van der Waals surface area contributed by atoms with Gasteiger partial charge in [-0.2, -0.15) is 5.10 Å². The number of pyridine rings is 1. The van der Waals surface area contributed by atoms with Crippen molar-refractivity contribution in [1.29, 1.82) is 0 Å². The second-order valence-electron chi connectivity index (χ2n) is 5.97.